The van der Waals surface area contributed by atoms with Gasteiger partial charge in [0.15, 0.2) is 11.5 Å². The Balaban J connectivity index is 2.19. The van der Waals surface area contributed by atoms with Gasteiger partial charge in [0.25, 0.3) is 10.0 Å². The largest absolute Gasteiger partial charge is 0.490 e. The first-order valence-electron chi connectivity index (χ1n) is 8.43. The topological polar surface area (TPSA) is 64.6 Å². The standard InChI is InChI=1S/C18H25NO4S2/c1-4-10-22-16-9-8-15(13-17(16)23-11-5-2)14(3)19-25(20,21)18-7-6-12-24-18/h6-9,12-14,19H,4-5,10-11H2,1-3H3/t14-/m1/s1. The van der Waals surface area contributed by atoms with Crippen LogP contribution in [-0.2, 0) is 10.0 Å². The summed E-state index contributed by atoms with van der Waals surface area (Å²) < 4.78 is 39.3. The first kappa shape index (κ1) is 19.8. The van der Waals surface area contributed by atoms with Crippen molar-refractivity contribution in [2.24, 2.45) is 0 Å². The molecule has 1 heterocycles. The summed E-state index contributed by atoms with van der Waals surface area (Å²) in [7, 11) is -3.52. The van der Waals surface area contributed by atoms with E-state index in [-0.39, 0.29) is 6.04 Å². The van der Waals surface area contributed by atoms with Gasteiger partial charge >= 0.3 is 0 Å². The van der Waals surface area contributed by atoms with Crippen molar-refractivity contribution in [3.63, 3.8) is 0 Å². The molecule has 25 heavy (non-hydrogen) atoms. The van der Waals surface area contributed by atoms with Crippen molar-refractivity contribution in [1.29, 1.82) is 0 Å². The third-order valence-corrected chi connectivity index (χ3v) is 6.42. The molecule has 0 saturated heterocycles. The summed E-state index contributed by atoms with van der Waals surface area (Å²) in [5.41, 5.74) is 0.829. The number of sulfonamides is 1. The van der Waals surface area contributed by atoms with Gasteiger partial charge in [0.2, 0.25) is 0 Å². The van der Waals surface area contributed by atoms with Gasteiger partial charge in [-0.2, -0.15) is 0 Å². The second kappa shape index (κ2) is 9.22. The second-order valence-corrected chi connectivity index (χ2v) is 8.57. The van der Waals surface area contributed by atoms with E-state index >= 15 is 0 Å². The van der Waals surface area contributed by atoms with Crippen LogP contribution in [-0.4, -0.2) is 21.6 Å². The Bertz CT molecular complexity index is 757. The summed E-state index contributed by atoms with van der Waals surface area (Å²) in [6.07, 6.45) is 1.80. The van der Waals surface area contributed by atoms with Crippen molar-refractivity contribution >= 4 is 21.4 Å². The molecule has 0 amide bonds. The van der Waals surface area contributed by atoms with Crippen LogP contribution in [0.5, 0.6) is 11.5 Å². The number of ether oxygens (including phenoxy) is 2. The summed E-state index contributed by atoms with van der Waals surface area (Å²) in [5.74, 6) is 1.34. The molecule has 0 aliphatic rings. The summed E-state index contributed by atoms with van der Waals surface area (Å²) in [6.45, 7) is 7.09. The van der Waals surface area contributed by atoms with Gasteiger partial charge in [0.05, 0.1) is 13.2 Å². The molecule has 1 aromatic carbocycles. The lowest BCUT2D eigenvalue weighted by atomic mass is 10.1. The highest BCUT2D eigenvalue weighted by atomic mass is 32.2. The molecule has 0 spiro atoms. The van der Waals surface area contributed by atoms with Crippen molar-refractivity contribution < 1.29 is 17.9 Å². The van der Waals surface area contributed by atoms with Crippen LogP contribution in [0.25, 0.3) is 0 Å². The zero-order chi connectivity index (χ0) is 18.3. The fourth-order valence-electron chi connectivity index (χ4n) is 2.23. The summed E-state index contributed by atoms with van der Waals surface area (Å²) in [5, 5.41) is 1.75. The Morgan fingerprint density at radius 1 is 1.08 bits per heavy atom. The van der Waals surface area contributed by atoms with Crippen LogP contribution in [0.4, 0.5) is 0 Å². The molecule has 0 aliphatic heterocycles. The molecular weight excluding hydrogens is 358 g/mol. The number of hydrogen-bond donors (Lipinski definition) is 1. The maximum atomic E-state index is 12.4. The van der Waals surface area contributed by atoms with Crippen LogP contribution < -0.4 is 14.2 Å². The van der Waals surface area contributed by atoms with Crippen molar-refractivity contribution in [2.45, 2.75) is 43.9 Å². The third kappa shape index (κ3) is 5.45. The molecule has 0 radical (unpaired) electrons. The van der Waals surface area contributed by atoms with Crippen LogP contribution in [0.2, 0.25) is 0 Å². The average Bonchev–Trinajstić information content (AvgIpc) is 3.13. The lowest BCUT2D eigenvalue weighted by molar-refractivity contribution is 0.268. The molecule has 0 aliphatic carbocycles. The van der Waals surface area contributed by atoms with Crippen LogP contribution in [0.1, 0.15) is 45.2 Å². The molecule has 0 fully saturated rings. The van der Waals surface area contributed by atoms with Crippen LogP contribution >= 0.6 is 11.3 Å². The molecule has 1 aromatic heterocycles. The normalized spacial score (nSPS) is 12.8. The van der Waals surface area contributed by atoms with Gasteiger partial charge in [-0.3, -0.25) is 0 Å². The quantitative estimate of drug-likeness (QED) is 0.662. The predicted octanol–water partition coefficient (Wildman–Crippen LogP) is 4.37. The van der Waals surface area contributed by atoms with Crippen molar-refractivity contribution in [1.82, 2.24) is 4.72 Å². The maximum absolute atomic E-state index is 12.4. The number of rotatable bonds is 10. The monoisotopic (exact) mass is 383 g/mol. The van der Waals surface area contributed by atoms with E-state index in [1.165, 1.54) is 11.3 Å². The summed E-state index contributed by atoms with van der Waals surface area (Å²) in [6, 6.07) is 8.49. The van der Waals surface area contributed by atoms with Gasteiger partial charge in [-0.15, -0.1) is 11.3 Å². The van der Waals surface area contributed by atoms with Crippen LogP contribution in [0, 0.1) is 0 Å². The number of benzene rings is 1. The van der Waals surface area contributed by atoms with E-state index < -0.39 is 10.0 Å². The Labute approximate surface area is 154 Å². The van der Waals surface area contributed by atoms with Gasteiger partial charge in [-0.25, -0.2) is 13.1 Å². The average molecular weight is 384 g/mol. The van der Waals surface area contributed by atoms with E-state index in [1.54, 1.807) is 17.5 Å². The van der Waals surface area contributed by atoms with E-state index in [2.05, 4.69) is 4.72 Å². The maximum Gasteiger partial charge on any atom is 0.250 e. The minimum atomic E-state index is -3.52. The molecule has 2 rings (SSSR count). The van der Waals surface area contributed by atoms with E-state index in [4.69, 9.17) is 9.47 Å². The van der Waals surface area contributed by atoms with Gasteiger partial charge in [-0.1, -0.05) is 26.0 Å². The number of thiophene rings is 1. The minimum absolute atomic E-state index is 0.310. The second-order valence-electron chi connectivity index (χ2n) is 5.68. The van der Waals surface area contributed by atoms with Gasteiger partial charge in [-0.05, 0) is 48.9 Å². The lowest BCUT2D eigenvalue weighted by Gasteiger charge is -2.17. The molecule has 0 bridgehead atoms. The fourth-order valence-corrected chi connectivity index (χ4v) is 4.47. The SMILES string of the molecule is CCCOc1ccc([C@@H](C)NS(=O)(=O)c2cccs2)cc1OCCC. The first-order valence-corrected chi connectivity index (χ1v) is 10.8. The van der Waals surface area contributed by atoms with Gasteiger partial charge in [0, 0.05) is 6.04 Å². The Hall–Kier alpha value is -1.57. The molecule has 1 atom stereocenters. The van der Waals surface area contributed by atoms with E-state index in [9.17, 15) is 8.42 Å². The Kier molecular flexibility index (Phi) is 7.28. The summed E-state index contributed by atoms with van der Waals surface area (Å²) >= 11 is 1.20. The van der Waals surface area contributed by atoms with E-state index in [1.807, 2.05) is 39.0 Å². The fraction of sp³-hybridized carbons (Fsp3) is 0.444. The van der Waals surface area contributed by atoms with Crippen molar-refractivity contribution in [3.8, 4) is 11.5 Å². The Morgan fingerprint density at radius 3 is 2.36 bits per heavy atom. The van der Waals surface area contributed by atoms with Gasteiger partial charge in [0.1, 0.15) is 4.21 Å². The molecule has 1 N–H and O–H groups in total. The number of hydrogen-bond acceptors (Lipinski definition) is 5. The van der Waals surface area contributed by atoms with E-state index in [0.717, 1.165) is 18.4 Å². The molecule has 0 unspecified atom stereocenters. The first-order chi connectivity index (χ1) is 12.0. The van der Waals surface area contributed by atoms with Crippen molar-refractivity contribution in [2.75, 3.05) is 13.2 Å². The zero-order valence-corrected chi connectivity index (χ0v) is 16.5. The summed E-state index contributed by atoms with van der Waals surface area (Å²) in [4.78, 5) is 0. The molecule has 2 aromatic rings. The smallest absolute Gasteiger partial charge is 0.250 e. The highest BCUT2D eigenvalue weighted by Gasteiger charge is 2.20. The molecule has 7 heteroatoms. The highest BCUT2D eigenvalue weighted by molar-refractivity contribution is 7.91. The molecule has 0 saturated carbocycles. The Morgan fingerprint density at radius 2 is 1.76 bits per heavy atom. The molecular formula is C18H25NO4S2. The molecule has 5 nitrogen and oxygen atoms in total. The zero-order valence-electron chi connectivity index (χ0n) is 14.8. The van der Waals surface area contributed by atoms with Crippen molar-refractivity contribution in [3.05, 3.63) is 41.3 Å². The highest BCUT2D eigenvalue weighted by Crippen LogP contribution is 2.31. The third-order valence-electron chi connectivity index (χ3n) is 3.48. The van der Waals surface area contributed by atoms with Crippen LogP contribution in [0.15, 0.2) is 39.9 Å². The van der Waals surface area contributed by atoms with E-state index in [0.29, 0.717) is 28.9 Å². The molecule has 138 valence electrons. The van der Waals surface area contributed by atoms with Gasteiger partial charge < -0.3 is 9.47 Å². The predicted molar refractivity (Wildman–Crippen MR) is 101 cm³/mol. The lowest BCUT2D eigenvalue weighted by Crippen LogP contribution is -2.26. The van der Waals surface area contributed by atoms with Crippen LogP contribution in [0.3, 0.4) is 0 Å². The number of nitrogens with one attached hydrogen (secondary N) is 1. The minimum Gasteiger partial charge on any atom is -0.490 e.